The standard InChI is InChI=1S/C9H14N3O2P.C3H8.C2H6/c1-3-8-10-5-4-9(11-8)12(2)6-7-14-15-13;1-3-2;1-2/h3-5,13,15H,1,6-7H2,2H3;3H2,1-2H3;1-2H3. The van der Waals surface area contributed by atoms with Crippen LogP contribution in [0.2, 0.25) is 0 Å². The summed E-state index contributed by atoms with van der Waals surface area (Å²) in [6, 6.07) is 1.81. The van der Waals surface area contributed by atoms with Gasteiger partial charge in [0.15, 0.2) is 14.9 Å². The summed E-state index contributed by atoms with van der Waals surface area (Å²) < 4.78 is 4.86. The van der Waals surface area contributed by atoms with Gasteiger partial charge in [0, 0.05) is 19.8 Å². The van der Waals surface area contributed by atoms with E-state index in [1.165, 1.54) is 6.42 Å². The number of nitrogens with zero attached hydrogens (tertiary/aromatic N) is 3. The Labute approximate surface area is 125 Å². The predicted octanol–water partition coefficient (Wildman–Crippen LogP) is 3.52. The molecule has 0 radical (unpaired) electrons. The molecule has 1 heterocycles. The zero-order valence-electron chi connectivity index (χ0n) is 13.3. The summed E-state index contributed by atoms with van der Waals surface area (Å²) >= 11 is 0. The molecule has 0 aromatic carbocycles. The summed E-state index contributed by atoms with van der Waals surface area (Å²) in [6.07, 6.45) is 4.54. The fourth-order valence-corrected chi connectivity index (χ4v) is 1.20. The summed E-state index contributed by atoms with van der Waals surface area (Å²) in [5, 5.41) is 0. The number of aromatic nitrogens is 2. The van der Waals surface area contributed by atoms with Crippen molar-refractivity contribution in [3.05, 3.63) is 24.7 Å². The van der Waals surface area contributed by atoms with Gasteiger partial charge in [0.2, 0.25) is 0 Å². The molecule has 0 aliphatic heterocycles. The molecule has 1 aromatic heterocycles. The number of hydrogen-bond donors (Lipinski definition) is 1. The van der Waals surface area contributed by atoms with Crippen LogP contribution in [0.15, 0.2) is 18.8 Å². The molecule has 1 unspecified atom stereocenters. The molecule has 0 amide bonds. The minimum absolute atomic E-state index is 0.463. The molecule has 6 heteroatoms. The summed E-state index contributed by atoms with van der Waals surface area (Å²) in [4.78, 5) is 18.7. The van der Waals surface area contributed by atoms with E-state index in [0.717, 1.165) is 5.82 Å². The third-order valence-corrected chi connectivity index (χ3v) is 2.16. The largest absolute Gasteiger partial charge is 0.357 e. The zero-order valence-corrected chi connectivity index (χ0v) is 14.3. The van der Waals surface area contributed by atoms with E-state index in [0.29, 0.717) is 19.0 Å². The third-order valence-electron chi connectivity index (χ3n) is 1.83. The second kappa shape index (κ2) is 16.0. The van der Waals surface area contributed by atoms with Crippen LogP contribution in [0.1, 0.15) is 39.9 Å². The fourth-order valence-electron chi connectivity index (χ4n) is 1.02. The third kappa shape index (κ3) is 10.9. The Morgan fingerprint density at radius 3 is 2.55 bits per heavy atom. The van der Waals surface area contributed by atoms with Crippen LogP contribution in [0.25, 0.3) is 6.08 Å². The van der Waals surface area contributed by atoms with Crippen molar-refractivity contribution in [3.8, 4) is 0 Å². The van der Waals surface area contributed by atoms with Gasteiger partial charge in [-0.2, -0.15) is 0 Å². The first kappa shape index (κ1) is 21.3. The predicted molar refractivity (Wildman–Crippen MR) is 89.2 cm³/mol. The smallest absolute Gasteiger partial charge is 0.153 e. The van der Waals surface area contributed by atoms with Gasteiger partial charge in [-0.1, -0.05) is 40.7 Å². The van der Waals surface area contributed by atoms with E-state index in [4.69, 9.17) is 9.42 Å². The van der Waals surface area contributed by atoms with Crippen LogP contribution < -0.4 is 4.90 Å². The highest BCUT2D eigenvalue weighted by Crippen LogP contribution is 2.09. The number of likely N-dealkylation sites (N-methyl/N-ethyl adjacent to an activating group) is 1. The van der Waals surface area contributed by atoms with Crippen molar-refractivity contribution in [1.82, 2.24) is 9.97 Å². The van der Waals surface area contributed by atoms with Crippen LogP contribution in [-0.4, -0.2) is 35.1 Å². The average molecular weight is 301 g/mol. The molecule has 1 aromatic rings. The lowest BCUT2D eigenvalue weighted by Gasteiger charge is -2.17. The van der Waals surface area contributed by atoms with Gasteiger partial charge in [-0.3, -0.25) is 0 Å². The fraction of sp³-hybridized carbons (Fsp3) is 0.571. The Hall–Kier alpha value is -1.03. The summed E-state index contributed by atoms with van der Waals surface area (Å²) in [5.74, 6) is 1.41. The number of anilines is 1. The maximum absolute atomic E-state index is 8.48. The van der Waals surface area contributed by atoms with E-state index in [2.05, 4.69) is 30.4 Å². The topological polar surface area (TPSA) is 58.5 Å². The average Bonchev–Trinajstić information content (AvgIpc) is 2.50. The van der Waals surface area contributed by atoms with Crippen LogP contribution in [0.3, 0.4) is 0 Å². The highest BCUT2D eigenvalue weighted by atomic mass is 31.1. The van der Waals surface area contributed by atoms with Crippen LogP contribution >= 0.6 is 9.03 Å². The summed E-state index contributed by atoms with van der Waals surface area (Å²) in [6.45, 7) is 13.0. The normalized spacial score (nSPS) is 9.30. The Morgan fingerprint density at radius 1 is 1.45 bits per heavy atom. The van der Waals surface area contributed by atoms with Gasteiger partial charge in [0.25, 0.3) is 0 Å². The molecule has 116 valence electrons. The molecule has 0 saturated carbocycles. The van der Waals surface area contributed by atoms with E-state index in [1.54, 1.807) is 12.3 Å². The van der Waals surface area contributed by atoms with Crippen LogP contribution in [-0.2, 0) is 4.52 Å². The van der Waals surface area contributed by atoms with Crippen LogP contribution in [0, 0.1) is 0 Å². The first-order chi connectivity index (χ1) is 9.69. The van der Waals surface area contributed by atoms with Gasteiger partial charge in [-0.05, 0) is 12.1 Å². The lowest BCUT2D eigenvalue weighted by molar-refractivity contribution is 0.334. The Bertz CT molecular complexity index is 338. The second-order valence-electron chi connectivity index (χ2n) is 3.55. The highest BCUT2D eigenvalue weighted by molar-refractivity contribution is 7.24. The van der Waals surface area contributed by atoms with E-state index in [-0.39, 0.29) is 0 Å². The maximum Gasteiger partial charge on any atom is 0.153 e. The number of rotatable bonds is 6. The van der Waals surface area contributed by atoms with Crippen molar-refractivity contribution in [2.24, 2.45) is 0 Å². The molecule has 1 atom stereocenters. The van der Waals surface area contributed by atoms with Gasteiger partial charge in [0.1, 0.15) is 5.82 Å². The van der Waals surface area contributed by atoms with Crippen molar-refractivity contribution in [2.45, 2.75) is 34.1 Å². The van der Waals surface area contributed by atoms with Gasteiger partial charge < -0.3 is 14.3 Å². The van der Waals surface area contributed by atoms with Crippen molar-refractivity contribution in [1.29, 1.82) is 0 Å². The minimum Gasteiger partial charge on any atom is -0.357 e. The SMILES string of the molecule is C=Cc1nccc(N(C)CCOPO)n1.CC.CCC. The van der Waals surface area contributed by atoms with E-state index >= 15 is 0 Å². The zero-order chi connectivity index (χ0) is 15.8. The molecule has 0 fully saturated rings. The number of hydrogen-bond acceptors (Lipinski definition) is 5. The first-order valence-corrected chi connectivity index (χ1v) is 7.72. The minimum atomic E-state index is -0.463. The lowest BCUT2D eigenvalue weighted by Crippen LogP contribution is -2.22. The van der Waals surface area contributed by atoms with Crippen LogP contribution in [0.5, 0.6) is 0 Å². The van der Waals surface area contributed by atoms with Crippen molar-refractivity contribution in [3.63, 3.8) is 0 Å². The Kier molecular flexibility index (Phi) is 17.0. The van der Waals surface area contributed by atoms with Gasteiger partial charge in [-0.15, -0.1) is 0 Å². The molecule has 20 heavy (non-hydrogen) atoms. The molecule has 0 spiro atoms. The molecule has 0 saturated heterocycles. The van der Waals surface area contributed by atoms with Crippen LogP contribution in [0.4, 0.5) is 5.82 Å². The second-order valence-corrected chi connectivity index (χ2v) is 4.02. The maximum atomic E-state index is 8.48. The summed E-state index contributed by atoms with van der Waals surface area (Å²) in [5.41, 5.74) is 0. The molecule has 0 aliphatic rings. The van der Waals surface area contributed by atoms with Crippen molar-refractivity contribution >= 4 is 20.9 Å². The Morgan fingerprint density at radius 2 is 2.05 bits per heavy atom. The van der Waals surface area contributed by atoms with Gasteiger partial charge in [0.05, 0.1) is 6.61 Å². The lowest BCUT2D eigenvalue weighted by atomic mass is 10.4. The highest BCUT2D eigenvalue weighted by Gasteiger charge is 2.02. The monoisotopic (exact) mass is 301 g/mol. The first-order valence-electron chi connectivity index (χ1n) is 6.87. The molecule has 0 bridgehead atoms. The van der Waals surface area contributed by atoms with Gasteiger partial charge >= 0.3 is 0 Å². The van der Waals surface area contributed by atoms with E-state index < -0.39 is 9.03 Å². The molecule has 1 rings (SSSR count). The van der Waals surface area contributed by atoms with E-state index in [9.17, 15) is 0 Å². The summed E-state index contributed by atoms with van der Waals surface area (Å²) in [7, 11) is 1.44. The van der Waals surface area contributed by atoms with Gasteiger partial charge in [-0.25, -0.2) is 9.97 Å². The van der Waals surface area contributed by atoms with Crippen molar-refractivity contribution < 1.29 is 9.42 Å². The van der Waals surface area contributed by atoms with E-state index in [1.807, 2.05) is 31.9 Å². The molecular formula is C14H28N3O2P. The quantitative estimate of drug-likeness (QED) is 0.643. The molecule has 5 nitrogen and oxygen atoms in total. The molecule has 1 N–H and O–H groups in total. The molecule has 0 aliphatic carbocycles. The molecular weight excluding hydrogens is 273 g/mol. The Balaban J connectivity index is 0. The van der Waals surface area contributed by atoms with Crippen molar-refractivity contribution in [2.75, 3.05) is 25.1 Å².